The fourth-order valence-electron chi connectivity index (χ4n) is 4.01. The summed E-state index contributed by atoms with van der Waals surface area (Å²) in [5, 5.41) is 8.79. The number of carbonyl (C=O) groups is 1. The molecular formula is C23H28N6O2. The first kappa shape index (κ1) is 20.8. The maximum Gasteiger partial charge on any atom is 0.267 e. The molecule has 1 saturated heterocycles. The fourth-order valence-corrected chi connectivity index (χ4v) is 4.01. The molecule has 162 valence electrons. The molecule has 0 radical (unpaired) electrons. The van der Waals surface area contributed by atoms with Crippen LogP contribution in [-0.2, 0) is 11.3 Å². The second-order valence-corrected chi connectivity index (χ2v) is 8.18. The Kier molecular flexibility index (Phi) is 5.63. The zero-order chi connectivity index (χ0) is 22.1. The fraction of sp³-hybridized carbons (Fsp3) is 0.391. The van der Waals surface area contributed by atoms with Gasteiger partial charge in [-0.3, -0.25) is 9.59 Å². The molecule has 3 heterocycles. The van der Waals surface area contributed by atoms with Gasteiger partial charge in [0.15, 0.2) is 5.82 Å². The summed E-state index contributed by atoms with van der Waals surface area (Å²) in [7, 11) is 0. The summed E-state index contributed by atoms with van der Waals surface area (Å²) in [5.41, 5.74) is 5.18. The van der Waals surface area contributed by atoms with Gasteiger partial charge in [-0.1, -0.05) is 12.1 Å². The third kappa shape index (κ3) is 4.38. The number of piperazine rings is 1. The van der Waals surface area contributed by atoms with Crippen molar-refractivity contribution in [2.75, 3.05) is 31.1 Å². The minimum Gasteiger partial charge on any atom is -0.368 e. The number of amides is 1. The van der Waals surface area contributed by atoms with Gasteiger partial charge in [0.1, 0.15) is 6.54 Å². The van der Waals surface area contributed by atoms with E-state index >= 15 is 0 Å². The first-order valence-electron chi connectivity index (χ1n) is 10.5. The van der Waals surface area contributed by atoms with Crippen molar-refractivity contribution in [2.45, 2.75) is 34.2 Å². The molecule has 0 unspecified atom stereocenters. The van der Waals surface area contributed by atoms with Crippen LogP contribution in [0.2, 0.25) is 0 Å². The van der Waals surface area contributed by atoms with E-state index < -0.39 is 0 Å². The number of aryl methyl sites for hydroxylation is 4. The summed E-state index contributed by atoms with van der Waals surface area (Å²) >= 11 is 0. The first-order valence-corrected chi connectivity index (χ1v) is 10.5. The number of nitrogens with zero attached hydrogens (tertiary/aromatic N) is 6. The van der Waals surface area contributed by atoms with Crippen molar-refractivity contribution in [3.63, 3.8) is 0 Å². The summed E-state index contributed by atoms with van der Waals surface area (Å²) in [4.78, 5) is 29.3. The van der Waals surface area contributed by atoms with Crippen LogP contribution in [0.1, 0.15) is 22.5 Å². The second kappa shape index (κ2) is 8.37. The van der Waals surface area contributed by atoms with Gasteiger partial charge in [-0.2, -0.15) is 5.10 Å². The number of hydrogen-bond donors (Lipinski definition) is 0. The average molecular weight is 421 g/mol. The third-order valence-electron chi connectivity index (χ3n) is 5.70. The van der Waals surface area contributed by atoms with Crippen molar-refractivity contribution in [3.05, 3.63) is 69.3 Å². The van der Waals surface area contributed by atoms with E-state index in [1.165, 1.54) is 27.6 Å². The Morgan fingerprint density at radius 1 is 0.935 bits per heavy atom. The van der Waals surface area contributed by atoms with Gasteiger partial charge in [-0.25, -0.2) is 9.36 Å². The van der Waals surface area contributed by atoms with Crippen molar-refractivity contribution in [1.82, 2.24) is 24.5 Å². The number of aromatic nitrogens is 4. The number of carbonyl (C=O) groups excluding carboxylic acids is 1. The lowest BCUT2D eigenvalue weighted by Crippen LogP contribution is -2.50. The normalized spacial score (nSPS) is 14.2. The van der Waals surface area contributed by atoms with E-state index in [9.17, 15) is 9.59 Å². The average Bonchev–Trinajstić information content (AvgIpc) is 3.09. The van der Waals surface area contributed by atoms with E-state index in [0.29, 0.717) is 18.9 Å². The molecule has 3 aromatic rings. The first-order chi connectivity index (χ1) is 14.8. The van der Waals surface area contributed by atoms with Gasteiger partial charge in [0.25, 0.3) is 5.56 Å². The van der Waals surface area contributed by atoms with Crippen molar-refractivity contribution < 1.29 is 4.79 Å². The number of benzene rings is 1. The standard InChI is InChI=1S/C23H28N6O2/c1-16-5-6-17(2)20(13-16)26-9-11-27(12-10-26)23(31)15-28-22(30)8-7-21(25-28)29-19(4)14-18(3)24-29/h5-8,13-14H,9-12,15H2,1-4H3. The van der Waals surface area contributed by atoms with Crippen LogP contribution < -0.4 is 10.5 Å². The van der Waals surface area contributed by atoms with Crippen LogP contribution in [0.5, 0.6) is 0 Å². The van der Waals surface area contributed by atoms with E-state index in [2.05, 4.69) is 47.1 Å². The second-order valence-electron chi connectivity index (χ2n) is 8.18. The van der Waals surface area contributed by atoms with Crippen LogP contribution >= 0.6 is 0 Å². The predicted octanol–water partition coefficient (Wildman–Crippen LogP) is 2.01. The van der Waals surface area contributed by atoms with E-state index in [0.717, 1.165) is 24.5 Å². The molecule has 0 N–H and O–H groups in total. The minimum absolute atomic E-state index is 0.0740. The van der Waals surface area contributed by atoms with Gasteiger partial charge in [-0.15, -0.1) is 5.10 Å². The lowest BCUT2D eigenvalue weighted by molar-refractivity contribution is -0.132. The summed E-state index contributed by atoms with van der Waals surface area (Å²) in [6.45, 7) is 10.7. The van der Waals surface area contributed by atoms with Crippen molar-refractivity contribution >= 4 is 11.6 Å². The molecule has 1 fully saturated rings. The van der Waals surface area contributed by atoms with Crippen LogP contribution in [0.3, 0.4) is 0 Å². The van der Waals surface area contributed by atoms with Gasteiger partial charge < -0.3 is 9.80 Å². The minimum atomic E-state index is -0.298. The number of rotatable bonds is 4. The molecular weight excluding hydrogens is 392 g/mol. The lowest BCUT2D eigenvalue weighted by atomic mass is 10.1. The summed E-state index contributed by atoms with van der Waals surface area (Å²) < 4.78 is 2.91. The highest BCUT2D eigenvalue weighted by atomic mass is 16.2. The molecule has 1 aromatic carbocycles. The Hall–Kier alpha value is -3.42. The van der Waals surface area contributed by atoms with Crippen molar-refractivity contribution in [2.24, 2.45) is 0 Å². The maximum atomic E-state index is 12.9. The zero-order valence-electron chi connectivity index (χ0n) is 18.5. The van der Waals surface area contributed by atoms with Crippen molar-refractivity contribution in [3.8, 4) is 5.82 Å². The van der Waals surface area contributed by atoms with E-state index in [1.807, 2.05) is 24.8 Å². The lowest BCUT2D eigenvalue weighted by Gasteiger charge is -2.37. The molecule has 1 aliphatic rings. The molecule has 1 aliphatic heterocycles. The van der Waals surface area contributed by atoms with Gasteiger partial charge >= 0.3 is 0 Å². The quantitative estimate of drug-likeness (QED) is 0.645. The monoisotopic (exact) mass is 420 g/mol. The van der Waals surface area contributed by atoms with Gasteiger partial charge in [-0.05, 0) is 57.0 Å². The highest BCUT2D eigenvalue weighted by Crippen LogP contribution is 2.23. The van der Waals surface area contributed by atoms with Gasteiger partial charge in [0.05, 0.1) is 5.69 Å². The van der Waals surface area contributed by atoms with E-state index in [1.54, 1.807) is 10.7 Å². The summed E-state index contributed by atoms with van der Waals surface area (Å²) in [6, 6.07) is 11.5. The highest BCUT2D eigenvalue weighted by Gasteiger charge is 2.23. The molecule has 1 amide bonds. The van der Waals surface area contributed by atoms with Gasteiger partial charge in [0, 0.05) is 43.6 Å². The van der Waals surface area contributed by atoms with Crippen LogP contribution in [0.15, 0.2) is 41.2 Å². The van der Waals surface area contributed by atoms with E-state index in [4.69, 9.17) is 0 Å². The largest absolute Gasteiger partial charge is 0.368 e. The topological polar surface area (TPSA) is 76.3 Å². The molecule has 0 bridgehead atoms. The summed E-state index contributed by atoms with van der Waals surface area (Å²) in [5.74, 6) is 0.429. The summed E-state index contributed by atoms with van der Waals surface area (Å²) in [6.07, 6.45) is 0. The Morgan fingerprint density at radius 2 is 1.68 bits per heavy atom. The molecule has 0 aliphatic carbocycles. The van der Waals surface area contributed by atoms with Gasteiger partial charge in [0.2, 0.25) is 5.91 Å². The highest BCUT2D eigenvalue weighted by molar-refractivity contribution is 5.76. The Bertz CT molecular complexity index is 1170. The predicted molar refractivity (Wildman–Crippen MR) is 120 cm³/mol. The van der Waals surface area contributed by atoms with Crippen LogP contribution in [0, 0.1) is 27.7 Å². The number of anilines is 1. The van der Waals surface area contributed by atoms with E-state index in [-0.39, 0.29) is 18.0 Å². The van der Waals surface area contributed by atoms with Crippen LogP contribution in [0.4, 0.5) is 5.69 Å². The molecule has 8 heteroatoms. The maximum absolute atomic E-state index is 12.9. The van der Waals surface area contributed by atoms with Crippen molar-refractivity contribution in [1.29, 1.82) is 0 Å². The Morgan fingerprint density at radius 3 is 2.35 bits per heavy atom. The zero-order valence-corrected chi connectivity index (χ0v) is 18.5. The SMILES string of the molecule is Cc1ccc(C)c(N2CCN(C(=O)Cn3nc(-n4nc(C)cc4C)ccc3=O)CC2)c1. The Balaban J connectivity index is 1.45. The molecule has 2 aromatic heterocycles. The number of hydrogen-bond acceptors (Lipinski definition) is 5. The molecule has 0 spiro atoms. The molecule has 0 atom stereocenters. The smallest absolute Gasteiger partial charge is 0.267 e. The van der Waals surface area contributed by atoms with Crippen LogP contribution in [-0.4, -0.2) is 56.5 Å². The molecule has 31 heavy (non-hydrogen) atoms. The Labute approximate surface area is 181 Å². The van der Waals surface area contributed by atoms with Crippen LogP contribution in [0.25, 0.3) is 5.82 Å². The third-order valence-corrected chi connectivity index (χ3v) is 5.70. The molecule has 0 saturated carbocycles. The molecule has 8 nitrogen and oxygen atoms in total. The molecule has 4 rings (SSSR count).